The van der Waals surface area contributed by atoms with E-state index in [1.165, 1.54) is 7.11 Å². The van der Waals surface area contributed by atoms with Crippen LogP contribution >= 0.6 is 0 Å². The fraction of sp³-hybridized carbons (Fsp3) is 0.375. The highest BCUT2D eigenvalue weighted by Crippen LogP contribution is 2.44. The quantitative estimate of drug-likeness (QED) is 0.379. The van der Waals surface area contributed by atoms with Crippen molar-refractivity contribution in [3.05, 3.63) is 59.7 Å². The van der Waals surface area contributed by atoms with Crippen molar-refractivity contribution >= 4 is 18.0 Å². The van der Waals surface area contributed by atoms with Crippen molar-refractivity contribution < 1.29 is 34.1 Å². The molecule has 0 saturated heterocycles. The first kappa shape index (κ1) is 24.2. The number of hydrogen-bond donors (Lipinski definition) is 4. The average Bonchev–Trinajstić information content (AvgIpc) is 3.14. The van der Waals surface area contributed by atoms with Crippen molar-refractivity contribution in [1.82, 2.24) is 10.6 Å². The summed E-state index contributed by atoms with van der Waals surface area (Å²) in [6.45, 7) is -0.323. The lowest BCUT2D eigenvalue weighted by Gasteiger charge is -2.21. The molecule has 2 aromatic carbocycles. The van der Waals surface area contributed by atoms with E-state index in [1.807, 2.05) is 48.5 Å². The summed E-state index contributed by atoms with van der Waals surface area (Å²) in [5.74, 6) is -2.22. The van der Waals surface area contributed by atoms with Crippen LogP contribution in [0.5, 0.6) is 0 Å². The normalized spacial score (nSPS) is 14.0. The van der Waals surface area contributed by atoms with Crippen LogP contribution in [0.25, 0.3) is 11.1 Å². The third-order valence-electron chi connectivity index (χ3n) is 5.59. The minimum atomic E-state index is -1.47. The fourth-order valence-corrected chi connectivity index (χ4v) is 3.94. The highest BCUT2D eigenvalue weighted by Gasteiger charge is 2.30. The minimum absolute atomic E-state index is 0.0840. The van der Waals surface area contributed by atoms with E-state index in [0.29, 0.717) is 13.0 Å². The summed E-state index contributed by atoms with van der Waals surface area (Å²) in [4.78, 5) is 36.2. The summed E-state index contributed by atoms with van der Waals surface area (Å²) in [5.41, 5.74) is 4.33. The van der Waals surface area contributed by atoms with E-state index in [9.17, 15) is 14.4 Å². The number of carbonyl (C=O) groups excluding carboxylic acids is 2. The van der Waals surface area contributed by atoms with E-state index in [0.717, 1.165) is 22.3 Å². The van der Waals surface area contributed by atoms with E-state index in [1.54, 1.807) is 0 Å². The molecule has 33 heavy (non-hydrogen) atoms. The van der Waals surface area contributed by atoms with Crippen LogP contribution in [-0.4, -0.2) is 67.2 Å². The second-order valence-electron chi connectivity index (χ2n) is 7.74. The zero-order valence-corrected chi connectivity index (χ0v) is 18.3. The molecule has 0 heterocycles. The van der Waals surface area contributed by atoms with Gasteiger partial charge in [0.25, 0.3) is 0 Å². The second kappa shape index (κ2) is 11.4. The Kier molecular flexibility index (Phi) is 8.39. The van der Waals surface area contributed by atoms with E-state index < -0.39 is 36.7 Å². The van der Waals surface area contributed by atoms with Gasteiger partial charge in [-0.15, -0.1) is 0 Å². The van der Waals surface area contributed by atoms with Gasteiger partial charge in [0, 0.05) is 19.6 Å². The van der Waals surface area contributed by atoms with Crippen LogP contribution in [0, 0.1) is 0 Å². The lowest BCUT2D eigenvalue weighted by Crippen LogP contribution is -2.52. The van der Waals surface area contributed by atoms with Crippen LogP contribution in [0.15, 0.2) is 48.5 Å². The largest absolute Gasteiger partial charge is 0.480 e. The SMILES string of the molecule is COCCCC(NC(=O)OCC1c2ccccc2-c2ccccc21)C(=O)N[C@H](CO)C(=O)O. The van der Waals surface area contributed by atoms with Crippen LogP contribution in [0.4, 0.5) is 4.79 Å². The first-order valence-electron chi connectivity index (χ1n) is 10.7. The van der Waals surface area contributed by atoms with Crippen LogP contribution < -0.4 is 10.6 Å². The first-order valence-corrected chi connectivity index (χ1v) is 10.7. The topological polar surface area (TPSA) is 134 Å². The standard InChI is InChI=1S/C24H28N2O7/c1-32-12-6-11-20(22(28)25-21(13-27)23(29)30)26-24(31)33-14-19-17-9-4-2-7-15(17)16-8-3-5-10-18(16)19/h2-5,7-10,19-21,27H,6,11-14H2,1H3,(H,25,28)(H,26,31)(H,29,30)/t20?,21-/m1/s1. The number of ether oxygens (including phenoxy) is 2. The lowest BCUT2D eigenvalue weighted by molar-refractivity contribution is -0.143. The van der Waals surface area contributed by atoms with Gasteiger partial charge in [0.1, 0.15) is 18.7 Å². The molecule has 9 heteroatoms. The van der Waals surface area contributed by atoms with Crippen LogP contribution in [0.1, 0.15) is 29.9 Å². The van der Waals surface area contributed by atoms with Gasteiger partial charge in [-0.3, -0.25) is 4.79 Å². The molecule has 1 aliphatic carbocycles. The number of carbonyl (C=O) groups is 3. The van der Waals surface area contributed by atoms with E-state index in [-0.39, 0.29) is 18.9 Å². The second-order valence-corrected chi connectivity index (χ2v) is 7.74. The summed E-state index contributed by atoms with van der Waals surface area (Å²) >= 11 is 0. The molecule has 176 valence electrons. The number of methoxy groups -OCH3 is 1. The van der Waals surface area contributed by atoms with Crippen molar-refractivity contribution in [2.24, 2.45) is 0 Å². The van der Waals surface area contributed by atoms with Crippen molar-refractivity contribution in [3.63, 3.8) is 0 Å². The summed E-state index contributed by atoms with van der Waals surface area (Å²) in [7, 11) is 1.51. The number of carboxylic acid groups (broad SMARTS) is 1. The maximum absolute atomic E-state index is 12.6. The Morgan fingerprint density at radius 3 is 2.12 bits per heavy atom. The number of fused-ring (bicyclic) bond motifs is 3. The molecule has 0 aromatic heterocycles. The summed E-state index contributed by atoms with van der Waals surface area (Å²) in [6, 6.07) is 13.4. The van der Waals surface area contributed by atoms with Gasteiger partial charge in [-0.25, -0.2) is 9.59 Å². The maximum atomic E-state index is 12.6. The monoisotopic (exact) mass is 456 g/mol. The number of amides is 2. The maximum Gasteiger partial charge on any atom is 0.407 e. The van der Waals surface area contributed by atoms with Gasteiger partial charge in [0.15, 0.2) is 0 Å². The molecule has 0 saturated carbocycles. The molecule has 0 aliphatic heterocycles. The molecular weight excluding hydrogens is 428 g/mol. The van der Waals surface area contributed by atoms with Crippen LogP contribution in [0.3, 0.4) is 0 Å². The number of aliphatic carboxylic acids is 1. The predicted molar refractivity (Wildman–Crippen MR) is 120 cm³/mol. The molecule has 0 radical (unpaired) electrons. The van der Waals surface area contributed by atoms with Gasteiger partial charge >= 0.3 is 12.1 Å². The Morgan fingerprint density at radius 2 is 1.58 bits per heavy atom. The molecular formula is C24H28N2O7. The zero-order chi connectivity index (χ0) is 23.8. The lowest BCUT2D eigenvalue weighted by atomic mass is 9.98. The van der Waals surface area contributed by atoms with E-state index in [4.69, 9.17) is 19.7 Å². The number of benzene rings is 2. The Morgan fingerprint density at radius 1 is 0.970 bits per heavy atom. The molecule has 2 aromatic rings. The van der Waals surface area contributed by atoms with Crippen LogP contribution in [-0.2, 0) is 19.1 Å². The number of alkyl carbamates (subject to hydrolysis) is 1. The Hall–Kier alpha value is -3.43. The zero-order valence-electron chi connectivity index (χ0n) is 18.3. The van der Waals surface area contributed by atoms with Gasteiger partial charge in [0.05, 0.1) is 6.61 Å². The molecule has 4 N–H and O–H groups in total. The van der Waals surface area contributed by atoms with Crippen molar-refractivity contribution in [1.29, 1.82) is 0 Å². The number of aliphatic hydroxyl groups excluding tert-OH is 1. The number of nitrogens with one attached hydrogen (secondary N) is 2. The molecule has 2 amide bonds. The minimum Gasteiger partial charge on any atom is -0.480 e. The Bertz CT molecular complexity index is 949. The Labute approximate surface area is 191 Å². The Balaban J connectivity index is 1.65. The van der Waals surface area contributed by atoms with E-state index >= 15 is 0 Å². The highest BCUT2D eigenvalue weighted by atomic mass is 16.5. The number of rotatable bonds is 11. The van der Waals surface area contributed by atoms with Gasteiger partial charge in [-0.2, -0.15) is 0 Å². The van der Waals surface area contributed by atoms with Crippen molar-refractivity contribution in [3.8, 4) is 11.1 Å². The molecule has 3 rings (SSSR count). The van der Waals surface area contributed by atoms with Crippen molar-refractivity contribution in [2.75, 3.05) is 26.9 Å². The number of hydrogen-bond acceptors (Lipinski definition) is 6. The van der Waals surface area contributed by atoms with Gasteiger partial charge in [-0.1, -0.05) is 48.5 Å². The first-order chi connectivity index (χ1) is 16.0. The number of carboxylic acids is 1. The smallest absolute Gasteiger partial charge is 0.407 e. The molecule has 0 spiro atoms. The van der Waals surface area contributed by atoms with Crippen molar-refractivity contribution in [2.45, 2.75) is 30.8 Å². The van der Waals surface area contributed by atoms with E-state index in [2.05, 4.69) is 10.6 Å². The van der Waals surface area contributed by atoms with Crippen LogP contribution in [0.2, 0.25) is 0 Å². The van der Waals surface area contributed by atoms with Gasteiger partial charge in [-0.05, 0) is 35.1 Å². The third kappa shape index (κ3) is 5.88. The van der Waals surface area contributed by atoms with Gasteiger partial charge in [0.2, 0.25) is 5.91 Å². The number of aliphatic hydroxyl groups is 1. The summed E-state index contributed by atoms with van der Waals surface area (Å²) in [5, 5.41) is 23.0. The summed E-state index contributed by atoms with van der Waals surface area (Å²) in [6.07, 6.45) is -0.123. The molecule has 2 atom stereocenters. The molecule has 9 nitrogen and oxygen atoms in total. The fourth-order valence-electron chi connectivity index (χ4n) is 3.94. The molecule has 1 unspecified atom stereocenters. The average molecular weight is 456 g/mol. The predicted octanol–water partition coefficient (Wildman–Crippen LogP) is 1.88. The third-order valence-corrected chi connectivity index (χ3v) is 5.59. The molecule has 0 bridgehead atoms. The highest BCUT2D eigenvalue weighted by molar-refractivity contribution is 5.89. The van der Waals surface area contributed by atoms with Gasteiger partial charge < -0.3 is 30.3 Å². The summed E-state index contributed by atoms with van der Waals surface area (Å²) < 4.78 is 10.5. The molecule has 1 aliphatic rings. The molecule has 0 fully saturated rings.